The molecule has 3 aromatic rings. The number of likely N-dealkylation sites (N-methyl/N-ethyl adjacent to an activating group) is 1. The molecule has 0 spiro atoms. The van der Waals surface area contributed by atoms with Crippen LogP contribution in [-0.4, -0.2) is 7.05 Å². The van der Waals surface area contributed by atoms with Crippen molar-refractivity contribution in [2.24, 2.45) is 0 Å². The molecule has 108 valence electrons. The molecule has 0 amide bonds. The Morgan fingerprint density at radius 3 is 2.76 bits per heavy atom. The summed E-state index contributed by atoms with van der Waals surface area (Å²) in [6.07, 6.45) is 0.579. The molecule has 1 heterocycles. The van der Waals surface area contributed by atoms with E-state index in [4.69, 9.17) is 11.6 Å². The Morgan fingerprint density at radius 2 is 2.00 bits per heavy atom. The third kappa shape index (κ3) is 2.95. The first-order chi connectivity index (χ1) is 10.2. The monoisotopic (exact) mass is 319 g/mol. The number of hydrogen-bond donors (Lipinski definition) is 1. The molecule has 1 N–H and O–H groups in total. The van der Waals surface area contributed by atoms with Crippen LogP contribution >= 0.6 is 22.9 Å². The fraction of sp³-hybridized carbons (Fsp3) is 0.176. The molecular weight excluding hydrogens is 305 g/mol. The highest BCUT2D eigenvalue weighted by Gasteiger charge is 2.16. The molecule has 1 aromatic heterocycles. The Bertz CT molecular complexity index is 735. The van der Waals surface area contributed by atoms with Gasteiger partial charge < -0.3 is 5.32 Å². The second-order valence-electron chi connectivity index (χ2n) is 4.94. The van der Waals surface area contributed by atoms with Gasteiger partial charge in [-0.2, -0.15) is 0 Å². The maximum Gasteiger partial charge on any atom is 0.145 e. The van der Waals surface area contributed by atoms with E-state index in [-0.39, 0.29) is 16.9 Å². The van der Waals surface area contributed by atoms with Crippen molar-refractivity contribution in [3.63, 3.8) is 0 Å². The lowest BCUT2D eigenvalue weighted by atomic mass is 10.0. The van der Waals surface area contributed by atoms with Crippen LogP contribution in [0.25, 0.3) is 10.1 Å². The van der Waals surface area contributed by atoms with E-state index in [1.807, 2.05) is 19.2 Å². The van der Waals surface area contributed by atoms with Gasteiger partial charge in [-0.05, 0) is 42.6 Å². The number of halogens is 2. The molecule has 0 aliphatic heterocycles. The SMILES string of the molecule is CNC(Cc1cccc(Cl)c1F)c1cc2ccccc2s1. The zero-order valence-corrected chi connectivity index (χ0v) is 13.1. The average Bonchev–Trinajstić information content (AvgIpc) is 2.92. The number of rotatable bonds is 4. The summed E-state index contributed by atoms with van der Waals surface area (Å²) < 4.78 is 15.3. The van der Waals surface area contributed by atoms with Gasteiger partial charge >= 0.3 is 0 Å². The molecule has 0 aliphatic carbocycles. The maximum atomic E-state index is 14.1. The van der Waals surface area contributed by atoms with Crippen LogP contribution in [-0.2, 0) is 6.42 Å². The minimum atomic E-state index is -0.319. The Morgan fingerprint density at radius 1 is 1.19 bits per heavy atom. The van der Waals surface area contributed by atoms with Crippen LogP contribution in [0.4, 0.5) is 4.39 Å². The zero-order chi connectivity index (χ0) is 14.8. The van der Waals surface area contributed by atoms with Crippen molar-refractivity contribution < 1.29 is 4.39 Å². The highest BCUT2D eigenvalue weighted by molar-refractivity contribution is 7.19. The van der Waals surface area contributed by atoms with Crippen LogP contribution in [0.3, 0.4) is 0 Å². The van der Waals surface area contributed by atoms with Crippen molar-refractivity contribution >= 4 is 33.0 Å². The summed E-state index contributed by atoms with van der Waals surface area (Å²) in [7, 11) is 1.90. The van der Waals surface area contributed by atoms with Gasteiger partial charge in [-0.3, -0.25) is 0 Å². The highest BCUT2D eigenvalue weighted by atomic mass is 35.5. The molecule has 1 atom stereocenters. The minimum Gasteiger partial charge on any atom is -0.312 e. The van der Waals surface area contributed by atoms with Crippen molar-refractivity contribution in [1.82, 2.24) is 5.32 Å². The maximum absolute atomic E-state index is 14.1. The lowest BCUT2D eigenvalue weighted by molar-refractivity contribution is 0.560. The van der Waals surface area contributed by atoms with E-state index in [0.29, 0.717) is 12.0 Å². The topological polar surface area (TPSA) is 12.0 Å². The number of benzene rings is 2. The zero-order valence-electron chi connectivity index (χ0n) is 11.6. The molecule has 2 aromatic carbocycles. The fourth-order valence-electron chi connectivity index (χ4n) is 2.45. The molecule has 0 saturated heterocycles. The van der Waals surface area contributed by atoms with E-state index in [9.17, 15) is 4.39 Å². The Kier molecular flexibility index (Phi) is 4.24. The van der Waals surface area contributed by atoms with Gasteiger partial charge in [-0.1, -0.05) is 41.9 Å². The largest absolute Gasteiger partial charge is 0.312 e. The normalized spacial score (nSPS) is 12.7. The first kappa shape index (κ1) is 14.5. The van der Waals surface area contributed by atoms with Crippen molar-refractivity contribution in [2.45, 2.75) is 12.5 Å². The van der Waals surface area contributed by atoms with E-state index >= 15 is 0 Å². The van der Waals surface area contributed by atoms with E-state index in [0.717, 1.165) is 0 Å². The smallest absolute Gasteiger partial charge is 0.145 e. The van der Waals surface area contributed by atoms with E-state index in [1.165, 1.54) is 15.0 Å². The summed E-state index contributed by atoms with van der Waals surface area (Å²) in [5, 5.41) is 4.68. The third-order valence-electron chi connectivity index (χ3n) is 3.59. The molecule has 3 rings (SSSR count). The molecule has 21 heavy (non-hydrogen) atoms. The van der Waals surface area contributed by atoms with Crippen LogP contribution in [0, 0.1) is 5.82 Å². The quantitative estimate of drug-likeness (QED) is 0.697. The second kappa shape index (κ2) is 6.14. The molecule has 0 bridgehead atoms. The first-order valence-corrected chi connectivity index (χ1v) is 7.97. The molecular formula is C17H15ClFNS. The van der Waals surface area contributed by atoms with Gasteiger partial charge in [0.05, 0.1) is 5.02 Å². The molecule has 0 saturated carbocycles. The highest BCUT2D eigenvalue weighted by Crippen LogP contribution is 2.32. The van der Waals surface area contributed by atoms with Crippen LogP contribution in [0.2, 0.25) is 5.02 Å². The Balaban J connectivity index is 1.93. The van der Waals surface area contributed by atoms with Crippen LogP contribution in [0.5, 0.6) is 0 Å². The molecule has 1 unspecified atom stereocenters. The molecule has 0 aliphatic rings. The van der Waals surface area contributed by atoms with Crippen molar-refractivity contribution in [2.75, 3.05) is 7.05 Å². The van der Waals surface area contributed by atoms with Gasteiger partial charge in [-0.25, -0.2) is 4.39 Å². The van der Waals surface area contributed by atoms with E-state index in [1.54, 1.807) is 29.5 Å². The lowest BCUT2D eigenvalue weighted by Gasteiger charge is -2.15. The van der Waals surface area contributed by atoms with Crippen molar-refractivity contribution in [1.29, 1.82) is 0 Å². The van der Waals surface area contributed by atoms with Crippen LogP contribution in [0.15, 0.2) is 48.5 Å². The number of hydrogen-bond acceptors (Lipinski definition) is 2. The molecule has 1 nitrogen and oxygen atoms in total. The summed E-state index contributed by atoms with van der Waals surface area (Å²) in [6, 6.07) is 15.7. The van der Waals surface area contributed by atoms with Crippen molar-refractivity contribution in [3.8, 4) is 0 Å². The van der Waals surface area contributed by atoms with Gasteiger partial charge in [-0.15, -0.1) is 11.3 Å². The standard InChI is InChI=1S/C17H15ClFNS/c1-20-14(9-12-6-4-7-13(18)17(12)19)16-10-11-5-2-3-8-15(11)21-16/h2-8,10,14,20H,9H2,1H3. The summed E-state index contributed by atoms with van der Waals surface area (Å²) in [5.74, 6) is -0.319. The minimum absolute atomic E-state index is 0.0790. The third-order valence-corrected chi connectivity index (χ3v) is 5.11. The summed E-state index contributed by atoms with van der Waals surface area (Å²) in [5.41, 5.74) is 0.638. The van der Waals surface area contributed by atoms with Gasteiger partial charge in [0.15, 0.2) is 0 Å². The average molecular weight is 320 g/mol. The van der Waals surface area contributed by atoms with E-state index < -0.39 is 0 Å². The van der Waals surface area contributed by atoms with E-state index in [2.05, 4.69) is 23.5 Å². The van der Waals surface area contributed by atoms with Gasteiger partial charge in [0.25, 0.3) is 0 Å². The predicted molar refractivity (Wildman–Crippen MR) is 88.7 cm³/mol. The number of nitrogens with one attached hydrogen (secondary N) is 1. The number of thiophene rings is 1. The molecule has 0 fully saturated rings. The van der Waals surface area contributed by atoms with Gasteiger partial charge in [0.1, 0.15) is 5.82 Å². The lowest BCUT2D eigenvalue weighted by Crippen LogP contribution is -2.18. The summed E-state index contributed by atoms with van der Waals surface area (Å²) >= 11 is 7.60. The summed E-state index contributed by atoms with van der Waals surface area (Å²) in [6.45, 7) is 0. The number of fused-ring (bicyclic) bond motifs is 1. The fourth-order valence-corrected chi connectivity index (χ4v) is 3.81. The van der Waals surface area contributed by atoms with Crippen LogP contribution < -0.4 is 5.32 Å². The second-order valence-corrected chi connectivity index (χ2v) is 6.47. The molecule has 4 heteroatoms. The first-order valence-electron chi connectivity index (χ1n) is 6.77. The Labute approximate surface area is 132 Å². The van der Waals surface area contributed by atoms with Crippen molar-refractivity contribution in [3.05, 3.63) is 69.8 Å². The Hall–Kier alpha value is -1.42. The van der Waals surface area contributed by atoms with Crippen LogP contribution in [0.1, 0.15) is 16.5 Å². The molecule has 0 radical (unpaired) electrons. The summed E-state index contributed by atoms with van der Waals surface area (Å²) in [4.78, 5) is 1.21. The predicted octanol–water partition coefficient (Wildman–Crippen LogP) is 5.20. The van der Waals surface area contributed by atoms with Gasteiger partial charge in [0.2, 0.25) is 0 Å². The van der Waals surface area contributed by atoms with Gasteiger partial charge in [0, 0.05) is 15.6 Å².